The van der Waals surface area contributed by atoms with Crippen LogP contribution in [0.1, 0.15) is 61.0 Å². The zero-order chi connectivity index (χ0) is 28.2. The van der Waals surface area contributed by atoms with Crippen LogP contribution in [-0.4, -0.2) is 50.4 Å². The van der Waals surface area contributed by atoms with Gasteiger partial charge in [0.05, 0.1) is 35.1 Å². The number of hydrogen-bond donors (Lipinski definition) is 1. The quantitative estimate of drug-likeness (QED) is 0.394. The highest BCUT2D eigenvalue weighted by Crippen LogP contribution is 2.40. The molecule has 0 radical (unpaired) electrons. The van der Waals surface area contributed by atoms with E-state index in [1.165, 1.54) is 28.8 Å². The summed E-state index contributed by atoms with van der Waals surface area (Å²) in [4.78, 5) is 33.4. The van der Waals surface area contributed by atoms with Crippen LogP contribution in [0.3, 0.4) is 0 Å². The van der Waals surface area contributed by atoms with E-state index in [1.54, 1.807) is 23.0 Å². The van der Waals surface area contributed by atoms with Crippen LogP contribution >= 0.6 is 11.3 Å². The smallest absolute Gasteiger partial charge is 0.268 e. The number of pyridine rings is 1. The molecule has 0 fully saturated rings. The van der Waals surface area contributed by atoms with Gasteiger partial charge in [-0.3, -0.25) is 19.2 Å². The Bertz CT molecular complexity index is 1730. The third-order valence-corrected chi connectivity index (χ3v) is 10.2. The first kappa shape index (κ1) is 26.4. The predicted molar refractivity (Wildman–Crippen MR) is 161 cm³/mol. The highest BCUT2D eigenvalue weighted by molar-refractivity contribution is 7.14. The minimum absolute atomic E-state index is 0.0352. The molecule has 4 aromatic rings. The number of benzene rings is 1. The van der Waals surface area contributed by atoms with Crippen LogP contribution in [0.2, 0.25) is 0 Å². The van der Waals surface area contributed by atoms with Crippen molar-refractivity contribution in [2.24, 2.45) is 7.05 Å². The summed E-state index contributed by atoms with van der Waals surface area (Å²) in [5.41, 5.74) is 8.44. The van der Waals surface area contributed by atoms with E-state index >= 15 is 0 Å². The molecule has 0 bridgehead atoms. The van der Waals surface area contributed by atoms with Gasteiger partial charge in [0.1, 0.15) is 0 Å². The first-order valence-electron chi connectivity index (χ1n) is 14.5. The van der Waals surface area contributed by atoms with Gasteiger partial charge in [0.25, 0.3) is 11.5 Å². The first-order valence-corrected chi connectivity index (χ1v) is 15.3. The molecule has 1 N–H and O–H groups in total. The lowest BCUT2D eigenvalue weighted by atomic mass is 9.91. The predicted octanol–water partition coefficient (Wildman–Crippen LogP) is 3.92. The van der Waals surface area contributed by atoms with Crippen molar-refractivity contribution in [2.45, 2.75) is 58.2 Å². The van der Waals surface area contributed by atoms with Gasteiger partial charge >= 0.3 is 0 Å². The minimum Gasteiger partial charge on any atom is -0.392 e. The third-order valence-electron chi connectivity index (χ3n) is 8.89. The Hall–Kier alpha value is -3.53. The number of carbonyl (C=O) groups excluding carboxylic acids is 1. The molecule has 1 aliphatic carbocycles. The fourth-order valence-corrected chi connectivity index (χ4v) is 8.19. The number of aliphatic hydroxyl groups excluding tert-OH is 1. The number of hydrogen-bond acceptors (Lipinski definition) is 6. The summed E-state index contributed by atoms with van der Waals surface area (Å²) in [5.74, 6) is 0.0352. The molecule has 1 aromatic carbocycles. The van der Waals surface area contributed by atoms with Crippen LogP contribution in [0.5, 0.6) is 0 Å². The fourth-order valence-electron chi connectivity index (χ4n) is 6.80. The number of rotatable bonds is 5. The van der Waals surface area contributed by atoms with Crippen LogP contribution in [0, 0.1) is 0 Å². The van der Waals surface area contributed by atoms with Crippen molar-refractivity contribution >= 4 is 22.9 Å². The van der Waals surface area contributed by atoms with E-state index in [1.807, 2.05) is 40.0 Å². The number of aromatic nitrogens is 3. The lowest BCUT2D eigenvalue weighted by Gasteiger charge is -2.30. The number of aliphatic hydroxyl groups is 1. The fraction of sp³-hybridized carbons (Fsp3) is 0.406. The second-order valence-corrected chi connectivity index (χ2v) is 12.7. The van der Waals surface area contributed by atoms with Crippen LogP contribution < -0.4 is 10.5 Å². The van der Waals surface area contributed by atoms with E-state index in [9.17, 15) is 14.7 Å². The van der Waals surface area contributed by atoms with Crippen LogP contribution in [-0.2, 0) is 52.4 Å². The average molecular weight is 570 g/mol. The van der Waals surface area contributed by atoms with Crippen LogP contribution in [0.15, 0.2) is 41.3 Å². The largest absolute Gasteiger partial charge is 0.392 e. The van der Waals surface area contributed by atoms with E-state index in [-0.39, 0.29) is 18.1 Å². The molecule has 0 unspecified atom stereocenters. The summed E-state index contributed by atoms with van der Waals surface area (Å²) in [6, 6.07) is 9.86. The Morgan fingerprint density at radius 1 is 1.00 bits per heavy atom. The van der Waals surface area contributed by atoms with Gasteiger partial charge in [0, 0.05) is 55.3 Å². The van der Waals surface area contributed by atoms with Crippen molar-refractivity contribution in [3.05, 3.63) is 90.3 Å². The van der Waals surface area contributed by atoms with E-state index < -0.39 is 0 Å². The second-order valence-electron chi connectivity index (χ2n) is 11.6. The van der Waals surface area contributed by atoms with Crippen LogP contribution in [0.4, 0.5) is 5.69 Å². The number of thiophene rings is 1. The molecule has 3 aromatic heterocycles. The van der Waals surface area contributed by atoms with Crippen molar-refractivity contribution in [1.82, 2.24) is 19.2 Å². The summed E-state index contributed by atoms with van der Waals surface area (Å²) in [6.07, 6.45) is 7.66. The van der Waals surface area contributed by atoms with Crippen molar-refractivity contribution in [3.8, 4) is 11.1 Å². The summed E-state index contributed by atoms with van der Waals surface area (Å²) < 4.78 is 3.65. The maximum Gasteiger partial charge on any atom is 0.268 e. The maximum absolute atomic E-state index is 13.8. The van der Waals surface area contributed by atoms with Gasteiger partial charge in [-0.15, -0.1) is 11.3 Å². The number of carbonyl (C=O) groups is 1. The van der Waals surface area contributed by atoms with E-state index in [0.717, 1.165) is 72.0 Å². The lowest BCUT2D eigenvalue weighted by Crippen LogP contribution is -2.37. The molecule has 3 aliphatic rings. The molecule has 0 saturated heterocycles. The number of nitrogens with zero attached hydrogens (tertiary/aromatic N) is 5. The lowest BCUT2D eigenvalue weighted by molar-refractivity contribution is 0.0984. The van der Waals surface area contributed by atoms with E-state index in [4.69, 9.17) is 5.10 Å². The number of aryl methyl sites for hydroxylation is 2. The van der Waals surface area contributed by atoms with Gasteiger partial charge in [0.15, 0.2) is 0 Å². The maximum atomic E-state index is 13.8. The number of likely N-dealkylation sites (N-methyl/N-ethyl adjacent to an activating group) is 1. The van der Waals surface area contributed by atoms with Gasteiger partial charge in [0.2, 0.25) is 0 Å². The summed E-state index contributed by atoms with van der Waals surface area (Å²) in [6.45, 7) is 3.05. The molecular weight excluding hydrogens is 534 g/mol. The molecule has 5 heterocycles. The molecule has 212 valence electrons. The van der Waals surface area contributed by atoms with Gasteiger partial charge in [-0.1, -0.05) is 12.1 Å². The SMILES string of the molecule is CN1CCn2nc(Cc3cc(-c4cccc(N5CCc6c(sc7c6CCCC7)C5=O)c4CO)cn(C)c3=O)cc2C1. The van der Waals surface area contributed by atoms with Crippen molar-refractivity contribution in [1.29, 1.82) is 0 Å². The van der Waals surface area contributed by atoms with Crippen molar-refractivity contribution in [2.75, 3.05) is 25.0 Å². The molecule has 7 rings (SSSR count). The molecule has 0 saturated carbocycles. The summed E-state index contributed by atoms with van der Waals surface area (Å²) >= 11 is 1.67. The molecule has 2 aliphatic heterocycles. The van der Waals surface area contributed by atoms with E-state index in [2.05, 4.69) is 18.0 Å². The summed E-state index contributed by atoms with van der Waals surface area (Å²) in [5, 5.41) is 15.4. The highest BCUT2D eigenvalue weighted by atomic mass is 32.1. The molecule has 0 atom stereocenters. The zero-order valence-corrected chi connectivity index (χ0v) is 24.5. The Labute approximate surface area is 243 Å². The van der Waals surface area contributed by atoms with Gasteiger partial charge in [-0.2, -0.15) is 5.10 Å². The number of amides is 1. The van der Waals surface area contributed by atoms with E-state index in [0.29, 0.717) is 24.1 Å². The Balaban J connectivity index is 1.24. The molecular formula is C32H35N5O3S. The number of anilines is 1. The van der Waals surface area contributed by atoms with Gasteiger partial charge in [-0.05, 0) is 79.6 Å². The topological polar surface area (TPSA) is 83.6 Å². The Kier molecular flexibility index (Phi) is 6.68. The monoisotopic (exact) mass is 569 g/mol. The van der Waals surface area contributed by atoms with Gasteiger partial charge < -0.3 is 14.6 Å². The third kappa shape index (κ3) is 4.56. The highest BCUT2D eigenvalue weighted by Gasteiger charge is 2.33. The number of fused-ring (bicyclic) bond motifs is 4. The normalized spacial score (nSPS) is 17.0. The molecule has 1 amide bonds. The minimum atomic E-state index is -0.206. The molecule has 9 heteroatoms. The van der Waals surface area contributed by atoms with Crippen LogP contribution in [0.25, 0.3) is 11.1 Å². The standard InChI is InChI=1S/C32H35N5O3S/c1-34-12-13-37-23(18-34)16-22(33-37)15-20-14-21(17-35(2)31(20)39)24-7-5-8-28(27(24)19-38)36-11-10-26-25-6-3-4-9-29(25)41-30(26)32(36)40/h5,7-8,14,16-17,38H,3-4,6,9-13,15,18-19H2,1-2H3. The summed E-state index contributed by atoms with van der Waals surface area (Å²) in [7, 11) is 3.87. The average Bonchev–Trinajstić information content (AvgIpc) is 3.56. The molecule has 8 nitrogen and oxygen atoms in total. The van der Waals surface area contributed by atoms with Gasteiger partial charge in [-0.25, -0.2) is 0 Å². The zero-order valence-electron chi connectivity index (χ0n) is 23.7. The Morgan fingerprint density at radius 3 is 2.71 bits per heavy atom. The molecule has 0 spiro atoms. The first-order chi connectivity index (χ1) is 19.9. The molecule has 41 heavy (non-hydrogen) atoms. The second kappa shape index (κ2) is 10.4. The van der Waals surface area contributed by atoms with Crippen molar-refractivity contribution in [3.63, 3.8) is 0 Å². The van der Waals surface area contributed by atoms with Crippen molar-refractivity contribution < 1.29 is 9.90 Å². The Morgan fingerprint density at radius 2 is 1.85 bits per heavy atom.